The van der Waals surface area contributed by atoms with Crippen LogP contribution >= 0.6 is 0 Å². The van der Waals surface area contributed by atoms with E-state index in [4.69, 9.17) is 0 Å². The maximum atomic E-state index is 4.48. The van der Waals surface area contributed by atoms with Crippen LogP contribution in [0, 0.1) is 63.2 Å². The molecular weight excluding hydrogens is 170 g/mol. The average Bonchev–Trinajstić information content (AvgIpc) is 2.87. The first-order valence-corrected chi connectivity index (χ1v) is 4.83. The molecule has 2 aliphatic carbocycles. The molecule has 2 saturated carbocycles. The molecule has 0 aromatic carbocycles. The molecule has 2 fully saturated rings. The van der Waals surface area contributed by atoms with Crippen molar-refractivity contribution >= 4 is 6.21 Å². The maximum Gasteiger partial charge on any atom is 0.0536 e. The summed E-state index contributed by atoms with van der Waals surface area (Å²) in [6.45, 7) is 2.11. The number of nitrogens with zero attached hydrogens (tertiary/aromatic N) is 1. The molecule has 10 radical (unpaired) electrons. The van der Waals surface area contributed by atoms with E-state index in [2.05, 4.69) is 37.6 Å². The van der Waals surface area contributed by atoms with Crippen LogP contribution in [0.1, 0.15) is 6.92 Å². The van der Waals surface area contributed by atoms with E-state index < -0.39 is 0 Å². The predicted molar refractivity (Wildman–Crippen MR) is 58.8 cm³/mol. The lowest BCUT2D eigenvalue weighted by Gasteiger charge is -2.13. The van der Waals surface area contributed by atoms with E-state index in [-0.39, 0.29) is 6.04 Å². The van der Waals surface area contributed by atoms with Gasteiger partial charge >= 0.3 is 0 Å². The Morgan fingerprint density at radius 2 is 1.57 bits per heavy atom. The fourth-order valence-electron chi connectivity index (χ4n) is 1.43. The molecule has 0 aliphatic heterocycles. The molecule has 0 aromatic heterocycles. The Morgan fingerprint density at radius 3 is 2.21 bits per heavy atom. The monoisotopic (exact) mass is 183 g/mol. The highest BCUT2D eigenvalue weighted by molar-refractivity contribution is 5.83. The van der Waals surface area contributed by atoms with Crippen molar-refractivity contribution in [3.05, 3.63) is 63.2 Å². The first-order valence-electron chi connectivity index (χ1n) is 4.83. The topological polar surface area (TPSA) is 12.4 Å². The van der Waals surface area contributed by atoms with Crippen LogP contribution < -0.4 is 0 Å². The molecular formula is C13H13N. The summed E-state index contributed by atoms with van der Waals surface area (Å²) in [5.41, 5.74) is 0. The van der Waals surface area contributed by atoms with Crippen LogP contribution in [0.2, 0.25) is 0 Å². The van der Waals surface area contributed by atoms with E-state index in [1.165, 1.54) is 11.8 Å². The maximum absolute atomic E-state index is 4.48. The van der Waals surface area contributed by atoms with Gasteiger partial charge in [0.05, 0.1) is 6.04 Å². The van der Waals surface area contributed by atoms with Crippen LogP contribution in [0.15, 0.2) is 4.99 Å². The second kappa shape index (κ2) is 4.95. The SMILES string of the molecule is C[C@H](N=C[C]1[CH][CH][CH][CH]1)[C]1[CH][CH][CH][CH]1. The zero-order chi connectivity index (χ0) is 9.80. The number of hydrogen-bond acceptors (Lipinski definition) is 1. The summed E-state index contributed by atoms with van der Waals surface area (Å²) in [5.74, 6) is 2.44. The molecule has 2 aliphatic rings. The largest absolute Gasteiger partial charge is 0.293 e. The Bertz CT molecular complexity index is 185. The minimum atomic E-state index is 0.250. The van der Waals surface area contributed by atoms with Crippen molar-refractivity contribution in [2.24, 2.45) is 4.99 Å². The second-order valence-electron chi connectivity index (χ2n) is 3.39. The van der Waals surface area contributed by atoms with Crippen molar-refractivity contribution in [3.63, 3.8) is 0 Å². The summed E-state index contributed by atoms with van der Waals surface area (Å²) in [6.07, 6.45) is 18.4. The molecule has 1 atom stereocenters. The van der Waals surface area contributed by atoms with Gasteiger partial charge < -0.3 is 0 Å². The van der Waals surface area contributed by atoms with Gasteiger partial charge in [-0.05, 0) is 58.3 Å². The molecule has 70 valence electrons. The molecule has 0 amide bonds. The first kappa shape index (κ1) is 10.2. The number of rotatable bonds is 3. The van der Waals surface area contributed by atoms with Crippen molar-refractivity contribution in [1.82, 2.24) is 0 Å². The van der Waals surface area contributed by atoms with Gasteiger partial charge in [0.25, 0.3) is 0 Å². The second-order valence-corrected chi connectivity index (χ2v) is 3.39. The molecule has 0 heterocycles. The Balaban J connectivity index is 1.77. The van der Waals surface area contributed by atoms with Gasteiger partial charge in [-0.25, -0.2) is 0 Å². The van der Waals surface area contributed by atoms with Crippen LogP contribution in [-0.4, -0.2) is 12.3 Å². The van der Waals surface area contributed by atoms with Crippen molar-refractivity contribution in [1.29, 1.82) is 0 Å². The lowest BCUT2D eigenvalue weighted by Crippen LogP contribution is -2.11. The fourth-order valence-corrected chi connectivity index (χ4v) is 1.43. The van der Waals surface area contributed by atoms with E-state index >= 15 is 0 Å². The van der Waals surface area contributed by atoms with E-state index in [1.54, 1.807) is 0 Å². The molecule has 0 bridgehead atoms. The van der Waals surface area contributed by atoms with E-state index in [0.717, 1.165) is 0 Å². The molecule has 1 nitrogen and oxygen atoms in total. The zero-order valence-corrected chi connectivity index (χ0v) is 8.22. The lowest BCUT2D eigenvalue weighted by molar-refractivity contribution is 0.805. The summed E-state index contributed by atoms with van der Waals surface area (Å²) in [7, 11) is 0. The Hall–Kier alpha value is -0.330. The van der Waals surface area contributed by atoms with Gasteiger partial charge in [-0.15, -0.1) is 0 Å². The highest BCUT2D eigenvalue weighted by atomic mass is 14.8. The van der Waals surface area contributed by atoms with Gasteiger partial charge in [0.15, 0.2) is 0 Å². The molecule has 2 rings (SSSR count). The molecule has 1 heteroatoms. The van der Waals surface area contributed by atoms with E-state index in [0.29, 0.717) is 0 Å². The average molecular weight is 183 g/mol. The Morgan fingerprint density at radius 1 is 1.00 bits per heavy atom. The van der Waals surface area contributed by atoms with Gasteiger partial charge in [0, 0.05) is 18.1 Å². The summed E-state index contributed by atoms with van der Waals surface area (Å²) < 4.78 is 0. The first-order chi connectivity index (χ1) is 6.86. The third-order valence-electron chi connectivity index (χ3n) is 2.31. The number of aliphatic imine (C=N–C) groups is 1. The molecule has 14 heavy (non-hydrogen) atoms. The van der Waals surface area contributed by atoms with Crippen molar-refractivity contribution in [2.45, 2.75) is 13.0 Å². The molecule has 0 unspecified atom stereocenters. The fraction of sp³-hybridized carbons (Fsp3) is 0.154. The Labute approximate surface area is 88.0 Å². The summed E-state index contributed by atoms with van der Waals surface area (Å²) in [6, 6.07) is 0.250. The third kappa shape index (κ3) is 2.59. The van der Waals surface area contributed by atoms with Gasteiger partial charge in [0.1, 0.15) is 0 Å². The van der Waals surface area contributed by atoms with E-state index in [1.807, 2.05) is 31.9 Å². The minimum absolute atomic E-state index is 0.250. The summed E-state index contributed by atoms with van der Waals surface area (Å²) in [4.78, 5) is 4.48. The smallest absolute Gasteiger partial charge is 0.0536 e. The summed E-state index contributed by atoms with van der Waals surface area (Å²) in [5, 5.41) is 0. The van der Waals surface area contributed by atoms with Gasteiger partial charge in [-0.3, -0.25) is 4.99 Å². The Kier molecular flexibility index (Phi) is 3.61. The minimum Gasteiger partial charge on any atom is -0.293 e. The zero-order valence-electron chi connectivity index (χ0n) is 8.22. The summed E-state index contributed by atoms with van der Waals surface area (Å²) >= 11 is 0. The van der Waals surface area contributed by atoms with Gasteiger partial charge in [-0.1, -0.05) is 0 Å². The highest BCUT2D eigenvalue weighted by Crippen LogP contribution is 2.28. The van der Waals surface area contributed by atoms with Crippen LogP contribution in [0.4, 0.5) is 0 Å². The predicted octanol–water partition coefficient (Wildman–Crippen LogP) is 2.26. The number of hydrogen-bond donors (Lipinski definition) is 0. The van der Waals surface area contributed by atoms with Gasteiger partial charge in [-0.2, -0.15) is 0 Å². The van der Waals surface area contributed by atoms with Crippen molar-refractivity contribution in [2.75, 3.05) is 0 Å². The quantitative estimate of drug-likeness (QED) is 0.595. The van der Waals surface area contributed by atoms with Crippen molar-refractivity contribution in [3.8, 4) is 0 Å². The van der Waals surface area contributed by atoms with Crippen molar-refractivity contribution < 1.29 is 0 Å². The molecule has 0 spiro atoms. The lowest BCUT2D eigenvalue weighted by atomic mass is 10.0. The van der Waals surface area contributed by atoms with Crippen LogP contribution in [-0.2, 0) is 0 Å². The van der Waals surface area contributed by atoms with Gasteiger partial charge in [0.2, 0.25) is 0 Å². The third-order valence-corrected chi connectivity index (χ3v) is 2.31. The van der Waals surface area contributed by atoms with Crippen LogP contribution in [0.3, 0.4) is 0 Å². The van der Waals surface area contributed by atoms with E-state index in [9.17, 15) is 0 Å². The van der Waals surface area contributed by atoms with Crippen LogP contribution in [0.25, 0.3) is 0 Å². The normalized spacial score (nSPS) is 27.8. The molecule has 0 N–H and O–H groups in total. The van der Waals surface area contributed by atoms with Crippen LogP contribution in [0.5, 0.6) is 0 Å². The molecule has 0 aromatic rings. The highest BCUT2D eigenvalue weighted by Gasteiger charge is 2.22. The molecule has 0 saturated heterocycles. The standard InChI is InChI=1S/C13H13N/c1-11(13-8-4-5-9-13)14-10-12-6-2-3-7-12/h2-11H,1H3/t11-/m0/s1.